The van der Waals surface area contributed by atoms with Crippen molar-refractivity contribution in [2.45, 2.75) is 147 Å². The lowest BCUT2D eigenvalue weighted by atomic mass is 10.0. The second kappa shape index (κ2) is 22.3. The van der Waals surface area contributed by atoms with Crippen molar-refractivity contribution in [3.05, 3.63) is 29.8 Å². The van der Waals surface area contributed by atoms with Gasteiger partial charge in [0.05, 0.1) is 4.90 Å². The van der Waals surface area contributed by atoms with Gasteiger partial charge in [-0.15, -0.1) is 0 Å². The minimum Gasteiger partial charge on any atom is -0.744 e. The van der Waals surface area contributed by atoms with Crippen molar-refractivity contribution in [2.24, 2.45) is 0 Å². The summed E-state index contributed by atoms with van der Waals surface area (Å²) in [6.07, 6.45) is 27.5. The molecule has 0 aromatic heterocycles. The van der Waals surface area contributed by atoms with Gasteiger partial charge in [-0.1, -0.05) is 128 Å². The number of benzene rings is 1. The normalized spacial score (nSPS) is 11.8. The minimum atomic E-state index is -4.33. The monoisotopic (exact) mass is 509 g/mol. The van der Waals surface area contributed by atoms with Gasteiger partial charge in [0, 0.05) is 13.2 Å². The molecule has 0 unspecified atom stereocenters. The summed E-state index contributed by atoms with van der Waals surface area (Å²) in [5.74, 6) is 0. The first-order valence-electron chi connectivity index (χ1n) is 14.7. The largest absolute Gasteiger partial charge is 0.744 e. The number of hydrogen-bond acceptors (Lipinski definition) is 4. The lowest BCUT2D eigenvalue weighted by molar-refractivity contribution is 0.125. The molecule has 35 heavy (non-hydrogen) atoms. The van der Waals surface area contributed by atoms with Crippen LogP contribution in [0.15, 0.2) is 29.2 Å². The molecule has 0 heterocycles. The van der Waals surface area contributed by atoms with Crippen LogP contribution < -0.4 is 0 Å². The Kier molecular flexibility index (Phi) is 20.5. The average Bonchev–Trinajstić information content (AvgIpc) is 2.84. The standard InChI is InChI=1S/C30H54O4S/c1-2-3-4-5-6-7-11-14-17-20-27-34-28-21-18-15-12-9-8-10-13-16-19-22-29-23-25-30(26-24-29)35(31,32)33/h23-26H,2-22,27-28H2,1H3,(H,31,32,33)/p-1. The molecule has 0 amide bonds. The Balaban J connectivity index is 1.75. The quantitative estimate of drug-likeness (QED) is 0.0974. The van der Waals surface area contributed by atoms with Gasteiger partial charge in [0.25, 0.3) is 0 Å². The van der Waals surface area contributed by atoms with E-state index in [0.29, 0.717) is 0 Å². The molecule has 204 valence electrons. The summed E-state index contributed by atoms with van der Waals surface area (Å²) in [5.41, 5.74) is 1.10. The Bertz CT molecular complexity index is 685. The topological polar surface area (TPSA) is 66.4 Å². The predicted molar refractivity (Wildman–Crippen MR) is 147 cm³/mol. The average molecular weight is 510 g/mol. The zero-order chi connectivity index (χ0) is 25.5. The maximum atomic E-state index is 11.0. The molecule has 0 bridgehead atoms. The van der Waals surface area contributed by atoms with Crippen LogP contribution in [0.4, 0.5) is 0 Å². The molecule has 0 N–H and O–H groups in total. The third-order valence-electron chi connectivity index (χ3n) is 6.86. The third kappa shape index (κ3) is 19.9. The van der Waals surface area contributed by atoms with Gasteiger partial charge in [-0.25, -0.2) is 8.42 Å². The maximum Gasteiger partial charge on any atom is 0.124 e. The van der Waals surface area contributed by atoms with E-state index in [9.17, 15) is 13.0 Å². The van der Waals surface area contributed by atoms with E-state index >= 15 is 0 Å². The van der Waals surface area contributed by atoms with Gasteiger partial charge >= 0.3 is 0 Å². The van der Waals surface area contributed by atoms with Gasteiger partial charge < -0.3 is 9.29 Å². The molecule has 5 heteroatoms. The van der Waals surface area contributed by atoms with E-state index in [1.807, 2.05) is 0 Å². The number of unbranched alkanes of at least 4 members (excludes halogenated alkanes) is 18. The second-order valence-electron chi connectivity index (χ2n) is 10.2. The van der Waals surface area contributed by atoms with Gasteiger partial charge in [-0.05, 0) is 43.4 Å². The lowest BCUT2D eigenvalue weighted by Gasteiger charge is -2.08. The van der Waals surface area contributed by atoms with E-state index in [1.54, 1.807) is 12.1 Å². The molecule has 0 radical (unpaired) electrons. The van der Waals surface area contributed by atoms with Crippen molar-refractivity contribution in [3.8, 4) is 0 Å². The summed E-state index contributed by atoms with van der Waals surface area (Å²) in [4.78, 5) is -0.141. The molecule has 0 saturated heterocycles. The number of hydrogen-bond donors (Lipinski definition) is 0. The van der Waals surface area contributed by atoms with Crippen molar-refractivity contribution >= 4 is 10.1 Å². The van der Waals surface area contributed by atoms with Crippen molar-refractivity contribution in [3.63, 3.8) is 0 Å². The van der Waals surface area contributed by atoms with Crippen LogP contribution in [-0.4, -0.2) is 26.2 Å². The van der Waals surface area contributed by atoms with Crippen LogP contribution in [0.5, 0.6) is 0 Å². The fourth-order valence-electron chi connectivity index (χ4n) is 4.56. The van der Waals surface area contributed by atoms with Crippen molar-refractivity contribution in [2.75, 3.05) is 13.2 Å². The Hall–Kier alpha value is -0.910. The Morgan fingerprint density at radius 1 is 0.571 bits per heavy atom. The zero-order valence-corrected chi connectivity index (χ0v) is 23.4. The van der Waals surface area contributed by atoms with Crippen LogP contribution in [0.2, 0.25) is 0 Å². The van der Waals surface area contributed by atoms with E-state index in [0.717, 1.165) is 31.6 Å². The SMILES string of the molecule is CCCCCCCCCCCCOCCCCCCCCCCCCc1ccc(S(=O)(=O)[O-])cc1. The summed E-state index contributed by atoms with van der Waals surface area (Å²) < 4.78 is 38.7. The summed E-state index contributed by atoms with van der Waals surface area (Å²) in [6, 6.07) is 6.35. The molecule has 0 aliphatic carbocycles. The van der Waals surface area contributed by atoms with E-state index in [2.05, 4.69) is 6.92 Å². The summed E-state index contributed by atoms with van der Waals surface area (Å²) in [6.45, 7) is 4.16. The molecule has 0 atom stereocenters. The van der Waals surface area contributed by atoms with E-state index < -0.39 is 10.1 Å². The highest BCUT2D eigenvalue weighted by molar-refractivity contribution is 7.85. The molecule has 0 fully saturated rings. The van der Waals surface area contributed by atoms with Crippen LogP contribution >= 0.6 is 0 Å². The molecule has 1 aromatic carbocycles. The zero-order valence-electron chi connectivity index (χ0n) is 22.6. The van der Waals surface area contributed by atoms with Gasteiger partial charge in [-0.2, -0.15) is 0 Å². The second-order valence-corrected chi connectivity index (χ2v) is 11.6. The highest BCUT2D eigenvalue weighted by Gasteiger charge is 2.01. The number of rotatable bonds is 25. The molecule has 0 aliphatic rings. The van der Waals surface area contributed by atoms with Gasteiger partial charge in [0.1, 0.15) is 10.1 Å². The molecule has 0 saturated carbocycles. The molecular formula is C30H53O4S-. The molecule has 1 aromatic rings. The molecular weight excluding hydrogens is 456 g/mol. The first-order chi connectivity index (χ1) is 17.0. The molecule has 4 nitrogen and oxygen atoms in total. The lowest BCUT2D eigenvalue weighted by Crippen LogP contribution is -1.98. The smallest absolute Gasteiger partial charge is 0.124 e. The van der Waals surface area contributed by atoms with Crippen molar-refractivity contribution in [1.82, 2.24) is 0 Å². The van der Waals surface area contributed by atoms with Gasteiger partial charge in [0.15, 0.2) is 0 Å². The van der Waals surface area contributed by atoms with Crippen LogP contribution in [0, 0.1) is 0 Å². The Morgan fingerprint density at radius 3 is 1.34 bits per heavy atom. The van der Waals surface area contributed by atoms with Crippen molar-refractivity contribution in [1.29, 1.82) is 0 Å². The van der Waals surface area contributed by atoms with Gasteiger partial charge in [0.2, 0.25) is 0 Å². The van der Waals surface area contributed by atoms with Crippen LogP contribution in [0.25, 0.3) is 0 Å². The van der Waals surface area contributed by atoms with Crippen molar-refractivity contribution < 1.29 is 17.7 Å². The first-order valence-corrected chi connectivity index (χ1v) is 16.1. The molecule has 0 aliphatic heterocycles. The Morgan fingerprint density at radius 2 is 0.943 bits per heavy atom. The van der Waals surface area contributed by atoms with Crippen LogP contribution in [0.1, 0.15) is 141 Å². The van der Waals surface area contributed by atoms with Crippen LogP contribution in [-0.2, 0) is 21.3 Å². The highest BCUT2D eigenvalue weighted by atomic mass is 32.2. The molecule has 1 rings (SSSR count). The fourth-order valence-corrected chi connectivity index (χ4v) is 5.03. The first kappa shape index (κ1) is 32.1. The van der Waals surface area contributed by atoms with E-state index in [-0.39, 0.29) is 4.90 Å². The predicted octanol–water partition coefficient (Wildman–Crippen LogP) is 8.97. The summed E-state index contributed by atoms with van der Waals surface area (Å²) in [5, 5.41) is 0. The Labute approximate surface area is 217 Å². The fraction of sp³-hybridized carbons (Fsp3) is 0.800. The number of aryl methyl sites for hydroxylation is 1. The van der Waals surface area contributed by atoms with Gasteiger partial charge in [-0.3, -0.25) is 0 Å². The van der Waals surface area contributed by atoms with Crippen LogP contribution in [0.3, 0.4) is 0 Å². The third-order valence-corrected chi connectivity index (χ3v) is 7.71. The minimum absolute atomic E-state index is 0.141. The van der Waals surface area contributed by atoms with E-state index in [4.69, 9.17) is 4.74 Å². The summed E-state index contributed by atoms with van der Waals surface area (Å²) in [7, 11) is -4.33. The molecule has 0 spiro atoms. The highest BCUT2D eigenvalue weighted by Crippen LogP contribution is 2.15. The maximum absolute atomic E-state index is 11.0. The summed E-state index contributed by atoms with van der Waals surface area (Å²) >= 11 is 0. The van der Waals surface area contributed by atoms with E-state index in [1.165, 1.54) is 134 Å². The number of ether oxygens (including phenoxy) is 1.